The molecule has 0 fully saturated rings. The van der Waals surface area contributed by atoms with Crippen LogP contribution in [0.15, 0.2) is 35.7 Å². The molecule has 0 unspecified atom stereocenters. The Morgan fingerprint density at radius 3 is 3.04 bits per heavy atom. The lowest BCUT2D eigenvalue weighted by molar-refractivity contribution is 0.0944. The van der Waals surface area contributed by atoms with Crippen molar-refractivity contribution in [2.75, 3.05) is 6.54 Å². The lowest BCUT2D eigenvalue weighted by atomic mass is 10.1. The molecule has 0 bridgehead atoms. The topological polar surface area (TPSA) is 82.7 Å². The molecular formula is C18H19N5OS. The lowest BCUT2D eigenvalue weighted by Crippen LogP contribution is -2.27. The number of amides is 1. The first kappa shape index (κ1) is 16.0. The van der Waals surface area contributed by atoms with E-state index in [2.05, 4.69) is 37.9 Å². The van der Waals surface area contributed by atoms with Crippen LogP contribution in [0.3, 0.4) is 0 Å². The van der Waals surface area contributed by atoms with E-state index < -0.39 is 0 Å². The zero-order valence-corrected chi connectivity index (χ0v) is 14.5. The van der Waals surface area contributed by atoms with Crippen LogP contribution in [0.4, 0.5) is 0 Å². The number of H-pyrrole nitrogens is 1. The first-order valence-corrected chi connectivity index (χ1v) is 9.20. The van der Waals surface area contributed by atoms with E-state index in [9.17, 15) is 4.79 Å². The summed E-state index contributed by atoms with van der Waals surface area (Å²) in [6.07, 6.45) is 1.64. The zero-order chi connectivity index (χ0) is 17.1. The first-order chi connectivity index (χ1) is 12.3. The predicted octanol–water partition coefficient (Wildman–Crippen LogP) is 2.03. The number of hydrogen-bond donors (Lipinski definition) is 3. The van der Waals surface area contributed by atoms with Gasteiger partial charge in [0.05, 0.1) is 22.9 Å². The van der Waals surface area contributed by atoms with Crippen molar-refractivity contribution in [1.29, 1.82) is 0 Å². The van der Waals surface area contributed by atoms with Crippen molar-refractivity contribution < 1.29 is 4.79 Å². The second-order valence-electron chi connectivity index (χ2n) is 6.03. The molecule has 128 valence electrons. The Hall–Kier alpha value is -2.51. The Bertz CT molecular complexity index is 871. The van der Waals surface area contributed by atoms with Crippen molar-refractivity contribution in [3.05, 3.63) is 68.9 Å². The van der Waals surface area contributed by atoms with E-state index in [1.807, 2.05) is 23.6 Å². The Balaban J connectivity index is 1.37. The van der Waals surface area contributed by atoms with Crippen LogP contribution in [0.2, 0.25) is 0 Å². The van der Waals surface area contributed by atoms with Gasteiger partial charge < -0.3 is 10.6 Å². The minimum Gasteiger partial charge on any atom is -0.345 e. The summed E-state index contributed by atoms with van der Waals surface area (Å²) in [4.78, 5) is 17.0. The van der Waals surface area contributed by atoms with Gasteiger partial charge in [-0.05, 0) is 18.5 Å². The predicted molar refractivity (Wildman–Crippen MR) is 96.5 cm³/mol. The fraction of sp³-hybridized carbons (Fsp3) is 0.278. The molecule has 7 heteroatoms. The molecule has 3 heterocycles. The molecule has 3 N–H and O–H groups in total. The third kappa shape index (κ3) is 3.62. The molecule has 1 aromatic carbocycles. The van der Waals surface area contributed by atoms with Gasteiger partial charge in [-0.25, -0.2) is 4.98 Å². The van der Waals surface area contributed by atoms with Gasteiger partial charge in [0.25, 0.3) is 5.91 Å². The maximum absolute atomic E-state index is 12.4. The quantitative estimate of drug-likeness (QED) is 0.655. The van der Waals surface area contributed by atoms with Gasteiger partial charge >= 0.3 is 0 Å². The van der Waals surface area contributed by atoms with Gasteiger partial charge in [-0.2, -0.15) is 5.10 Å². The number of rotatable bonds is 5. The Morgan fingerprint density at radius 2 is 2.16 bits per heavy atom. The van der Waals surface area contributed by atoms with Crippen LogP contribution in [-0.2, 0) is 25.9 Å². The second kappa shape index (κ2) is 7.16. The fourth-order valence-corrected chi connectivity index (χ4v) is 3.80. The summed E-state index contributed by atoms with van der Waals surface area (Å²) in [5.74, 6) is -0.142. The van der Waals surface area contributed by atoms with E-state index in [0.717, 1.165) is 47.9 Å². The summed E-state index contributed by atoms with van der Waals surface area (Å²) in [6, 6.07) is 10.3. The third-order valence-corrected chi connectivity index (χ3v) is 5.15. The molecule has 0 aliphatic carbocycles. The van der Waals surface area contributed by atoms with Gasteiger partial charge in [-0.15, -0.1) is 11.3 Å². The Kier molecular flexibility index (Phi) is 4.58. The van der Waals surface area contributed by atoms with E-state index in [1.54, 1.807) is 11.3 Å². The second-order valence-corrected chi connectivity index (χ2v) is 6.98. The van der Waals surface area contributed by atoms with Gasteiger partial charge in [-0.3, -0.25) is 9.89 Å². The van der Waals surface area contributed by atoms with Crippen LogP contribution in [0.1, 0.15) is 38.0 Å². The van der Waals surface area contributed by atoms with Crippen LogP contribution in [0.25, 0.3) is 0 Å². The molecule has 3 aromatic rings. The number of carbonyl (C=O) groups is 1. The lowest BCUT2D eigenvalue weighted by Gasteiger charge is -2.12. The molecule has 1 amide bonds. The maximum atomic E-state index is 12.4. The van der Waals surface area contributed by atoms with Crippen LogP contribution in [0.5, 0.6) is 0 Å². The molecule has 6 nitrogen and oxygen atoms in total. The molecule has 0 spiro atoms. The van der Waals surface area contributed by atoms with E-state index in [4.69, 9.17) is 0 Å². The number of hydrogen-bond acceptors (Lipinski definition) is 5. The van der Waals surface area contributed by atoms with E-state index in [-0.39, 0.29) is 5.91 Å². The molecule has 2 aromatic heterocycles. The van der Waals surface area contributed by atoms with Gasteiger partial charge in [0.2, 0.25) is 0 Å². The Morgan fingerprint density at radius 1 is 1.28 bits per heavy atom. The van der Waals surface area contributed by atoms with Gasteiger partial charge in [0.1, 0.15) is 0 Å². The summed E-state index contributed by atoms with van der Waals surface area (Å²) < 4.78 is 0. The molecule has 0 radical (unpaired) electrons. The molecule has 1 aliphatic heterocycles. The molecule has 4 rings (SSSR count). The average molecular weight is 353 g/mol. The highest BCUT2D eigenvalue weighted by Crippen LogP contribution is 2.17. The maximum Gasteiger partial charge on any atom is 0.272 e. The summed E-state index contributed by atoms with van der Waals surface area (Å²) in [5, 5.41) is 16.4. The van der Waals surface area contributed by atoms with Crippen LogP contribution >= 0.6 is 11.3 Å². The molecule has 25 heavy (non-hydrogen) atoms. The van der Waals surface area contributed by atoms with E-state index in [0.29, 0.717) is 12.2 Å². The number of benzene rings is 1. The van der Waals surface area contributed by atoms with Crippen molar-refractivity contribution in [1.82, 2.24) is 25.8 Å². The van der Waals surface area contributed by atoms with Gasteiger partial charge in [0.15, 0.2) is 5.69 Å². The largest absolute Gasteiger partial charge is 0.345 e. The van der Waals surface area contributed by atoms with Gasteiger partial charge in [0, 0.05) is 23.9 Å². The van der Waals surface area contributed by atoms with Crippen molar-refractivity contribution >= 4 is 17.2 Å². The zero-order valence-electron chi connectivity index (χ0n) is 13.7. The van der Waals surface area contributed by atoms with E-state index in [1.165, 1.54) is 5.56 Å². The van der Waals surface area contributed by atoms with Crippen LogP contribution in [-0.4, -0.2) is 27.6 Å². The highest BCUT2D eigenvalue weighted by molar-refractivity contribution is 7.09. The minimum atomic E-state index is -0.142. The fourth-order valence-electron chi connectivity index (χ4n) is 2.97. The smallest absolute Gasteiger partial charge is 0.272 e. The number of aromatic nitrogens is 3. The molecule has 0 saturated heterocycles. The van der Waals surface area contributed by atoms with E-state index >= 15 is 0 Å². The van der Waals surface area contributed by atoms with Crippen molar-refractivity contribution in [2.24, 2.45) is 0 Å². The molecular weight excluding hydrogens is 334 g/mol. The minimum absolute atomic E-state index is 0.142. The van der Waals surface area contributed by atoms with Crippen molar-refractivity contribution in [3.8, 4) is 0 Å². The summed E-state index contributed by atoms with van der Waals surface area (Å²) in [6.45, 7) is 2.04. The summed E-state index contributed by atoms with van der Waals surface area (Å²) in [7, 11) is 0. The average Bonchev–Trinajstić information content (AvgIpc) is 3.27. The first-order valence-electron chi connectivity index (χ1n) is 8.32. The normalized spacial score (nSPS) is 13.4. The monoisotopic (exact) mass is 353 g/mol. The van der Waals surface area contributed by atoms with Gasteiger partial charge in [-0.1, -0.05) is 30.3 Å². The molecule has 0 atom stereocenters. The molecule has 1 aliphatic rings. The highest BCUT2D eigenvalue weighted by atomic mass is 32.1. The summed E-state index contributed by atoms with van der Waals surface area (Å²) >= 11 is 1.62. The number of carbonyl (C=O) groups excluding carboxylic acids is 1. The number of thiazole rings is 1. The van der Waals surface area contributed by atoms with Crippen LogP contribution < -0.4 is 10.6 Å². The number of aromatic amines is 1. The number of nitrogens with zero attached hydrogens (tertiary/aromatic N) is 2. The van der Waals surface area contributed by atoms with Crippen LogP contribution in [0, 0.1) is 0 Å². The Labute approximate surface area is 149 Å². The summed E-state index contributed by atoms with van der Waals surface area (Å²) in [5.41, 5.74) is 4.67. The molecule has 0 saturated carbocycles. The van der Waals surface area contributed by atoms with Crippen molar-refractivity contribution in [2.45, 2.75) is 25.9 Å². The SMILES string of the molecule is O=C(NCc1csc(Cc2ccccc2)n1)c1n[nH]c2c1CCNC2. The number of fused-ring (bicyclic) bond motifs is 1. The standard InChI is InChI=1S/C18H19N5OS/c24-18(17-14-6-7-19-10-15(14)22-23-17)20-9-13-11-25-16(21-13)8-12-4-2-1-3-5-12/h1-5,11,19H,6-10H2,(H,20,24)(H,22,23). The highest BCUT2D eigenvalue weighted by Gasteiger charge is 2.21. The number of nitrogens with one attached hydrogen (secondary N) is 3. The van der Waals surface area contributed by atoms with Crippen molar-refractivity contribution in [3.63, 3.8) is 0 Å². The third-order valence-electron chi connectivity index (χ3n) is 4.25.